The van der Waals surface area contributed by atoms with Gasteiger partial charge < -0.3 is 24.2 Å². The number of rotatable bonds is 12. The minimum absolute atomic E-state index is 0.380. The van der Waals surface area contributed by atoms with E-state index in [-0.39, 0.29) is 0 Å². The molecule has 5 rings (SSSR count). The van der Waals surface area contributed by atoms with E-state index >= 15 is 0 Å². The third-order valence-corrected chi connectivity index (χ3v) is 13.4. The Morgan fingerprint density at radius 3 is 0.905 bits per heavy atom. The smallest absolute Gasteiger partial charge is 0.0466 e. The lowest BCUT2D eigenvalue weighted by Crippen LogP contribution is -2.21. The predicted octanol–water partition coefficient (Wildman–Crippen LogP) is 13.4. The van der Waals surface area contributed by atoms with Gasteiger partial charge in [0.05, 0.1) is 0 Å². The topological polar surface area (TPSA) is 28.2 Å². The van der Waals surface area contributed by atoms with E-state index in [1.165, 1.54) is 72.6 Å². The van der Waals surface area contributed by atoms with Crippen LogP contribution in [0, 0.1) is 0 Å². The highest BCUT2D eigenvalue weighted by molar-refractivity contribution is 7.97. The molecule has 0 saturated carbocycles. The second-order valence-electron chi connectivity index (χ2n) is 15.0. The zero-order chi connectivity index (χ0) is 48.5. The highest BCUT2D eigenvalue weighted by Gasteiger charge is 2.15. The Hall–Kier alpha value is -1.84. The van der Waals surface area contributed by atoms with Crippen LogP contribution in [0.4, 0.5) is 5.69 Å². The number of ether oxygens (including phenoxy) is 2. The molecule has 0 bridgehead atoms. The standard InChI is InChI=1S/C18H15P.C8H11N.C6H15N.C6H15P.C4H8O.C4H10O.C3H9N.C3H9P.C2H6S/c1-4-10-16(11-5-1)19(17-12-6-2-7-13-17)18-14-8-3-9-15-18;1-9(2)8-6-4-3-5-7-8;2*1-4-7(5-2)6-3;1-2-4-5-3-1;1-3-5-4-2;2*1-4(2)3;1-3-2/h1-15H;3-7H,1-2H3;2*4-6H2,1-3H3;1-4H2;3-4H2,1-2H3;2*1-3H3;1-2H3. The van der Waals surface area contributed by atoms with Crippen molar-refractivity contribution < 1.29 is 9.47 Å². The average Bonchev–Trinajstić information content (AvgIpc) is 3.89. The van der Waals surface area contributed by atoms with Crippen molar-refractivity contribution in [1.82, 2.24) is 9.80 Å². The lowest BCUT2D eigenvalue weighted by atomic mass is 10.3. The minimum Gasteiger partial charge on any atom is -0.382 e. The van der Waals surface area contributed by atoms with Crippen molar-refractivity contribution in [3.05, 3.63) is 121 Å². The van der Waals surface area contributed by atoms with E-state index in [0.29, 0.717) is 15.8 Å². The van der Waals surface area contributed by atoms with Gasteiger partial charge >= 0.3 is 0 Å². The van der Waals surface area contributed by atoms with Gasteiger partial charge in [-0.3, -0.25) is 0 Å². The van der Waals surface area contributed by atoms with Gasteiger partial charge in [0.2, 0.25) is 0 Å². The molecule has 63 heavy (non-hydrogen) atoms. The minimum atomic E-state index is -0.446. The average molecular weight is 946 g/mol. The molecule has 0 spiro atoms. The maximum atomic E-state index is 4.94. The first-order valence-electron chi connectivity index (χ1n) is 23.1. The Morgan fingerprint density at radius 2 is 0.778 bits per heavy atom. The number of hydrogen-bond acceptors (Lipinski definition) is 6. The summed E-state index contributed by atoms with van der Waals surface area (Å²) in [5, 5.41) is 4.19. The van der Waals surface area contributed by atoms with Gasteiger partial charge in [-0.15, -0.1) is 15.8 Å². The summed E-state index contributed by atoms with van der Waals surface area (Å²) in [5.41, 5.74) is 1.25. The Balaban J connectivity index is -0.000000339. The Morgan fingerprint density at radius 1 is 0.508 bits per heavy atom. The highest BCUT2D eigenvalue weighted by atomic mass is 32.2. The van der Waals surface area contributed by atoms with Crippen molar-refractivity contribution in [3.8, 4) is 0 Å². The van der Waals surface area contributed by atoms with E-state index in [2.05, 4.69) is 174 Å². The van der Waals surface area contributed by atoms with Crippen molar-refractivity contribution in [2.45, 2.75) is 68.2 Å². The van der Waals surface area contributed by atoms with Gasteiger partial charge in [0.25, 0.3) is 0 Å². The summed E-state index contributed by atoms with van der Waals surface area (Å²) in [4.78, 5) is 6.46. The van der Waals surface area contributed by atoms with E-state index in [0.717, 1.165) is 26.4 Å². The normalized spacial score (nSPS) is 10.8. The van der Waals surface area contributed by atoms with Gasteiger partial charge in [-0.05, 0) is 154 Å². The molecule has 1 saturated heterocycles. The van der Waals surface area contributed by atoms with E-state index < -0.39 is 7.92 Å². The molecule has 0 N–H and O–H groups in total. The monoisotopic (exact) mass is 946 g/mol. The molecule has 362 valence electrons. The first-order chi connectivity index (χ1) is 30.2. The molecule has 1 heterocycles. The van der Waals surface area contributed by atoms with Crippen LogP contribution in [-0.4, -0.2) is 142 Å². The highest BCUT2D eigenvalue weighted by Crippen LogP contribution is 2.33. The van der Waals surface area contributed by atoms with E-state index in [9.17, 15) is 0 Å². The SMILES string of the molecule is C1CCOC1.CCN(CC)CC.CCOCC.CCP(CC)CC.CN(C)C.CN(C)c1ccccc1.CP(C)C.CSC.c1ccc(P(c2ccccc2)c2ccccc2)cc1. The Kier molecular flexibility index (Phi) is 56.8. The summed E-state index contributed by atoms with van der Waals surface area (Å²) in [6.07, 6.45) is 10.9. The summed E-state index contributed by atoms with van der Waals surface area (Å²) >= 11 is 1.75. The van der Waals surface area contributed by atoms with Crippen LogP contribution in [0.1, 0.15) is 68.2 Å². The molecular formula is C54H98N3O2P3S. The van der Waals surface area contributed by atoms with Crippen molar-refractivity contribution in [1.29, 1.82) is 0 Å². The van der Waals surface area contributed by atoms with Gasteiger partial charge in [-0.25, -0.2) is 0 Å². The fraction of sp³-hybridized carbons (Fsp3) is 0.556. The number of nitrogens with zero attached hydrogens (tertiary/aromatic N) is 3. The number of para-hydroxylation sites is 1. The molecule has 4 aromatic rings. The third kappa shape index (κ3) is 47.9. The van der Waals surface area contributed by atoms with Crippen molar-refractivity contribution in [2.75, 3.05) is 137 Å². The zero-order valence-corrected chi connectivity index (χ0v) is 47.4. The number of anilines is 1. The first-order valence-corrected chi connectivity index (χ1v) is 30.7. The number of benzene rings is 4. The predicted molar refractivity (Wildman–Crippen MR) is 304 cm³/mol. The summed E-state index contributed by atoms with van der Waals surface area (Å²) in [7, 11) is 10.5. The Labute approximate surface area is 401 Å². The van der Waals surface area contributed by atoms with Gasteiger partial charge in [0, 0.05) is 46.2 Å². The van der Waals surface area contributed by atoms with Crippen LogP contribution in [0.2, 0.25) is 0 Å². The largest absolute Gasteiger partial charge is 0.382 e. The summed E-state index contributed by atoms with van der Waals surface area (Å²) < 4.78 is 9.78. The first kappa shape index (κ1) is 67.7. The van der Waals surface area contributed by atoms with Crippen LogP contribution in [0.25, 0.3) is 0 Å². The van der Waals surface area contributed by atoms with Crippen molar-refractivity contribution >= 4 is 57.1 Å². The molecular weight excluding hydrogens is 848 g/mol. The van der Waals surface area contributed by atoms with E-state index in [1.807, 2.05) is 84.7 Å². The van der Waals surface area contributed by atoms with E-state index in [1.54, 1.807) is 11.8 Å². The molecule has 0 amide bonds. The summed E-state index contributed by atoms with van der Waals surface area (Å²) in [6, 6.07) is 42.6. The van der Waals surface area contributed by atoms with E-state index in [4.69, 9.17) is 9.47 Å². The molecule has 1 fully saturated rings. The zero-order valence-electron chi connectivity index (χ0n) is 43.9. The molecule has 0 aliphatic carbocycles. The molecule has 1 aliphatic rings. The Bertz CT molecular complexity index is 1240. The third-order valence-electron chi connectivity index (χ3n) is 8.23. The quantitative estimate of drug-likeness (QED) is 0.131. The lowest BCUT2D eigenvalue weighted by molar-refractivity contribution is 0.162. The summed E-state index contributed by atoms with van der Waals surface area (Å²) in [5.74, 6) is 0. The van der Waals surface area contributed by atoms with Crippen LogP contribution in [0.3, 0.4) is 0 Å². The molecule has 4 aromatic carbocycles. The van der Waals surface area contributed by atoms with Crippen LogP contribution in [-0.2, 0) is 9.47 Å². The van der Waals surface area contributed by atoms with Crippen molar-refractivity contribution in [2.24, 2.45) is 0 Å². The second kappa shape index (κ2) is 52.8. The molecule has 9 heteroatoms. The number of thioether (sulfide) groups is 1. The molecule has 1 aliphatic heterocycles. The van der Waals surface area contributed by atoms with Gasteiger partial charge in [-0.2, -0.15) is 11.8 Å². The maximum Gasteiger partial charge on any atom is 0.0466 e. The fourth-order valence-electron chi connectivity index (χ4n) is 4.96. The van der Waals surface area contributed by atoms with Gasteiger partial charge in [0.1, 0.15) is 0 Å². The summed E-state index contributed by atoms with van der Waals surface area (Å²) in [6.45, 7) is 31.4. The maximum absolute atomic E-state index is 4.94. The molecule has 5 nitrogen and oxygen atoms in total. The molecule has 0 aromatic heterocycles. The molecule has 0 atom stereocenters. The second-order valence-corrected chi connectivity index (χ2v) is 24.0. The molecule has 0 unspecified atom stereocenters. The van der Waals surface area contributed by atoms with Crippen LogP contribution < -0.4 is 20.8 Å². The van der Waals surface area contributed by atoms with Crippen LogP contribution >= 0.6 is 35.5 Å². The van der Waals surface area contributed by atoms with Crippen LogP contribution in [0.5, 0.6) is 0 Å². The van der Waals surface area contributed by atoms with Gasteiger partial charge in [-0.1, -0.05) is 151 Å². The van der Waals surface area contributed by atoms with Gasteiger partial charge in [0.15, 0.2) is 0 Å². The lowest BCUT2D eigenvalue weighted by Gasteiger charge is -2.18. The number of hydrogen-bond donors (Lipinski definition) is 0. The fourth-order valence-corrected chi connectivity index (χ4v) is 8.61. The van der Waals surface area contributed by atoms with Crippen molar-refractivity contribution in [3.63, 3.8) is 0 Å². The molecule has 0 radical (unpaired) electrons. The van der Waals surface area contributed by atoms with Crippen LogP contribution in [0.15, 0.2) is 121 Å².